The Morgan fingerprint density at radius 1 is 1.00 bits per heavy atom. The minimum atomic E-state index is -3.68. The summed E-state index contributed by atoms with van der Waals surface area (Å²) in [7, 11) is -3.68. The van der Waals surface area contributed by atoms with Crippen molar-refractivity contribution in [3.63, 3.8) is 0 Å². The van der Waals surface area contributed by atoms with Crippen LogP contribution < -0.4 is 0 Å². The summed E-state index contributed by atoms with van der Waals surface area (Å²) in [6, 6.07) is 11.7. The van der Waals surface area contributed by atoms with Crippen molar-refractivity contribution in [2.75, 3.05) is 32.9 Å². The molecule has 9 nitrogen and oxygen atoms in total. The molecule has 0 atom stereocenters. The third kappa shape index (κ3) is 6.07. The van der Waals surface area contributed by atoms with Gasteiger partial charge >= 0.3 is 5.97 Å². The lowest BCUT2D eigenvalue weighted by Gasteiger charge is -2.26. The largest absolute Gasteiger partial charge is 0.457 e. The average molecular weight is 545 g/mol. The summed E-state index contributed by atoms with van der Waals surface area (Å²) in [5.74, 6) is -1.14. The van der Waals surface area contributed by atoms with Crippen LogP contribution in [0.5, 0.6) is 0 Å². The first-order valence-electron chi connectivity index (χ1n) is 11.8. The first-order valence-corrected chi connectivity index (χ1v) is 14.1. The second-order valence-corrected chi connectivity index (χ2v) is 11.5. The molecule has 4 rings (SSSR count). The van der Waals surface area contributed by atoms with Crippen molar-refractivity contribution in [3.8, 4) is 5.69 Å². The molecular weight excluding hydrogens is 516 g/mol. The normalized spacial score (nSPS) is 14.4. The van der Waals surface area contributed by atoms with Crippen LogP contribution in [0, 0.1) is 13.8 Å². The Balaban J connectivity index is 1.44. The molecule has 11 heteroatoms. The van der Waals surface area contributed by atoms with Gasteiger partial charge in [-0.1, -0.05) is 12.1 Å². The number of esters is 1. The van der Waals surface area contributed by atoms with E-state index in [1.807, 2.05) is 6.92 Å². The molecule has 0 unspecified atom stereocenters. The monoisotopic (exact) mass is 544 g/mol. The molecule has 1 aliphatic rings. The van der Waals surface area contributed by atoms with Crippen LogP contribution in [-0.4, -0.2) is 67.7 Å². The highest BCUT2D eigenvalue weighted by atomic mass is 32.2. The predicted molar refractivity (Wildman–Crippen MR) is 138 cm³/mol. The zero-order valence-corrected chi connectivity index (χ0v) is 22.3. The van der Waals surface area contributed by atoms with E-state index in [-0.39, 0.29) is 29.3 Å². The van der Waals surface area contributed by atoms with Crippen molar-refractivity contribution in [1.29, 1.82) is 0 Å². The highest BCUT2D eigenvalue weighted by Crippen LogP contribution is 2.25. The topological polar surface area (TPSA) is 112 Å². The SMILES string of the molecule is Cc1cc(C(=O)COC(=O)CCC(=O)c2cccs2)c(C)n1-c1cccc(S(=O)(=O)N2CCOCC2)c1. The number of rotatable bonds is 10. The van der Waals surface area contributed by atoms with E-state index in [0.29, 0.717) is 48.1 Å². The third-order valence-corrected chi connectivity index (χ3v) is 8.94. The number of hydrogen-bond donors (Lipinski definition) is 0. The standard InChI is InChI=1S/C26H28N2O7S2/c1-18-15-22(24(30)17-35-26(31)9-8-23(29)25-7-4-14-36-25)19(2)28(18)20-5-3-6-21(16-20)37(32,33)27-10-12-34-13-11-27/h3-7,14-16H,8-13,17H2,1-2H3. The lowest BCUT2D eigenvalue weighted by atomic mass is 10.1. The first kappa shape index (κ1) is 26.9. The quantitative estimate of drug-likeness (QED) is 0.283. The molecule has 0 saturated carbocycles. The van der Waals surface area contributed by atoms with Crippen LogP contribution in [0.1, 0.15) is 44.3 Å². The summed E-state index contributed by atoms with van der Waals surface area (Å²) in [6.45, 7) is 4.44. The Morgan fingerprint density at radius 2 is 1.76 bits per heavy atom. The Morgan fingerprint density at radius 3 is 2.46 bits per heavy atom. The van der Waals surface area contributed by atoms with Gasteiger partial charge < -0.3 is 14.0 Å². The number of ether oxygens (including phenoxy) is 2. The number of Topliss-reactive ketones (excluding diaryl/α,β-unsaturated/α-hetero) is 2. The van der Waals surface area contributed by atoms with Crippen molar-refractivity contribution in [3.05, 3.63) is 69.7 Å². The number of benzene rings is 1. The molecule has 37 heavy (non-hydrogen) atoms. The van der Waals surface area contributed by atoms with Gasteiger partial charge in [-0.3, -0.25) is 14.4 Å². The Kier molecular flexibility index (Phi) is 8.38. The van der Waals surface area contributed by atoms with E-state index in [0.717, 1.165) is 5.69 Å². The maximum atomic E-state index is 13.1. The van der Waals surface area contributed by atoms with E-state index in [1.54, 1.807) is 59.3 Å². The van der Waals surface area contributed by atoms with Gasteiger partial charge in [-0.25, -0.2) is 8.42 Å². The van der Waals surface area contributed by atoms with Crippen molar-refractivity contribution in [2.45, 2.75) is 31.6 Å². The van der Waals surface area contributed by atoms with E-state index < -0.39 is 22.6 Å². The van der Waals surface area contributed by atoms with E-state index in [9.17, 15) is 22.8 Å². The number of hydrogen-bond acceptors (Lipinski definition) is 8. The molecule has 1 fully saturated rings. The number of aryl methyl sites for hydroxylation is 1. The number of ketones is 2. The van der Waals surface area contributed by atoms with Gasteiger partial charge in [0.25, 0.3) is 0 Å². The lowest BCUT2D eigenvalue weighted by molar-refractivity contribution is -0.142. The fourth-order valence-electron chi connectivity index (χ4n) is 4.23. The molecular formula is C26H28N2O7S2. The minimum Gasteiger partial charge on any atom is -0.457 e. The maximum absolute atomic E-state index is 13.1. The summed E-state index contributed by atoms with van der Waals surface area (Å²) in [5, 5.41) is 1.79. The van der Waals surface area contributed by atoms with Crippen LogP contribution in [0.25, 0.3) is 5.69 Å². The smallest absolute Gasteiger partial charge is 0.306 e. The number of carbonyl (C=O) groups is 3. The van der Waals surface area contributed by atoms with Gasteiger partial charge in [0.05, 0.1) is 29.4 Å². The maximum Gasteiger partial charge on any atom is 0.306 e. The number of morpholine rings is 1. The zero-order chi connectivity index (χ0) is 26.6. The minimum absolute atomic E-state index is 0.0196. The number of sulfonamides is 1. The van der Waals surface area contributed by atoms with Gasteiger partial charge in [0.1, 0.15) is 0 Å². The number of nitrogens with zero attached hydrogens (tertiary/aromatic N) is 2. The fraction of sp³-hybridized carbons (Fsp3) is 0.346. The van der Waals surface area contributed by atoms with Gasteiger partial charge in [-0.15, -0.1) is 11.3 Å². The summed E-state index contributed by atoms with van der Waals surface area (Å²) in [4.78, 5) is 37.7. The van der Waals surface area contributed by atoms with E-state index >= 15 is 0 Å². The molecule has 0 N–H and O–H groups in total. The molecule has 3 aromatic rings. The molecule has 0 amide bonds. The van der Waals surface area contributed by atoms with Crippen LogP contribution in [0.15, 0.2) is 52.7 Å². The number of carbonyl (C=O) groups excluding carboxylic acids is 3. The van der Waals surface area contributed by atoms with E-state index in [1.165, 1.54) is 15.6 Å². The van der Waals surface area contributed by atoms with Crippen LogP contribution in [0.2, 0.25) is 0 Å². The predicted octanol–water partition coefficient (Wildman–Crippen LogP) is 3.57. The lowest BCUT2D eigenvalue weighted by Crippen LogP contribution is -2.40. The van der Waals surface area contributed by atoms with Crippen LogP contribution in [-0.2, 0) is 24.3 Å². The second kappa shape index (κ2) is 11.5. The Labute approximate surface area is 219 Å². The van der Waals surface area contributed by atoms with Crippen molar-refractivity contribution < 1.29 is 32.3 Å². The summed E-state index contributed by atoms with van der Waals surface area (Å²) >= 11 is 1.31. The average Bonchev–Trinajstić information content (AvgIpc) is 3.54. The first-order chi connectivity index (χ1) is 17.7. The van der Waals surface area contributed by atoms with Crippen LogP contribution in [0.4, 0.5) is 0 Å². The van der Waals surface area contributed by atoms with Gasteiger partial charge in [-0.05, 0) is 49.6 Å². The van der Waals surface area contributed by atoms with Crippen molar-refractivity contribution >= 4 is 38.9 Å². The van der Waals surface area contributed by atoms with Gasteiger partial charge in [-0.2, -0.15) is 4.31 Å². The molecule has 0 aliphatic carbocycles. The molecule has 1 saturated heterocycles. The zero-order valence-electron chi connectivity index (χ0n) is 20.6. The van der Waals surface area contributed by atoms with Crippen LogP contribution in [0.3, 0.4) is 0 Å². The molecule has 0 radical (unpaired) electrons. The Hall–Kier alpha value is -3.12. The Bertz CT molecular complexity index is 1400. The van der Waals surface area contributed by atoms with Gasteiger partial charge in [0, 0.05) is 42.1 Å². The highest BCUT2D eigenvalue weighted by molar-refractivity contribution is 7.89. The molecule has 1 aromatic carbocycles. The molecule has 0 bridgehead atoms. The van der Waals surface area contributed by atoms with Gasteiger partial charge in [0.15, 0.2) is 12.4 Å². The fourth-order valence-corrected chi connectivity index (χ4v) is 6.38. The van der Waals surface area contributed by atoms with Crippen molar-refractivity contribution in [2.24, 2.45) is 0 Å². The third-order valence-electron chi connectivity index (χ3n) is 6.13. The van der Waals surface area contributed by atoms with Crippen molar-refractivity contribution in [1.82, 2.24) is 8.87 Å². The molecule has 0 spiro atoms. The molecule has 196 valence electrons. The van der Waals surface area contributed by atoms with E-state index in [4.69, 9.17) is 9.47 Å². The summed E-state index contributed by atoms with van der Waals surface area (Å²) in [6.07, 6.45) is -0.0841. The van der Waals surface area contributed by atoms with Crippen LogP contribution >= 0.6 is 11.3 Å². The number of aromatic nitrogens is 1. The highest BCUT2D eigenvalue weighted by Gasteiger charge is 2.27. The molecule has 3 heterocycles. The van der Waals surface area contributed by atoms with E-state index in [2.05, 4.69) is 0 Å². The van der Waals surface area contributed by atoms with Gasteiger partial charge in [0.2, 0.25) is 15.8 Å². The second-order valence-electron chi connectivity index (χ2n) is 8.62. The molecule has 2 aromatic heterocycles. The molecule has 1 aliphatic heterocycles. The number of thiophene rings is 1. The summed E-state index contributed by atoms with van der Waals surface area (Å²) in [5.41, 5.74) is 2.32. The summed E-state index contributed by atoms with van der Waals surface area (Å²) < 4.78 is 39.8.